The minimum absolute atomic E-state index is 0.153. The van der Waals surface area contributed by atoms with Crippen LogP contribution >= 0.6 is 0 Å². The molecule has 1 fully saturated rings. The van der Waals surface area contributed by atoms with Gasteiger partial charge in [-0.2, -0.15) is 4.31 Å². The molecule has 1 saturated heterocycles. The van der Waals surface area contributed by atoms with Crippen LogP contribution in [0.4, 0.5) is 5.69 Å². The Balaban J connectivity index is 1.64. The van der Waals surface area contributed by atoms with Crippen molar-refractivity contribution in [3.8, 4) is 5.75 Å². The number of benzene rings is 2. The Hall–Kier alpha value is -2.42. The van der Waals surface area contributed by atoms with Crippen LogP contribution in [-0.4, -0.2) is 63.4 Å². The summed E-state index contributed by atoms with van der Waals surface area (Å²) in [5, 5.41) is 2.71. The first-order chi connectivity index (χ1) is 13.8. The second-order valence-electron chi connectivity index (χ2n) is 7.34. The summed E-state index contributed by atoms with van der Waals surface area (Å²) in [6.45, 7) is 6.08. The summed E-state index contributed by atoms with van der Waals surface area (Å²) in [6.07, 6.45) is 0. The molecule has 2 aromatic carbocycles. The Morgan fingerprint density at radius 3 is 2.48 bits per heavy atom. The molecule has 1 heterocycles. The van der Waals surface area contributed by atoms with Crippen molar-refractivity contribution in [1.29, 1.82) is 0 Å². The number of sulfonamides is 1. The Morgan fingerprint density at radius 2 is 1.79 bits per heavy atom. The fourth-order valence-electron chi connectivity index (χ4n) is 3.21. The Morgan fingerprint density at radius 1 is 1.07 bits per heavy atom. The minimum atomic E-state index is -3.58. The summed E-state index contributed by atoms with van der Waals surface area (Å²) < 4.78 is 32.8. The maximum Gasteiger partial charge on any atom is 0.262 e. The Kier molecular flexibility index (Phi) is 6.56. The lowest BCUT2D eigenvalue weighted by Crippen LogP contribution is -2.47. The van der Waals surface area contributed by atoms with E-state index in [0.717, 1.165) is 11.1 Å². The topological polar surface area (TPSA) is 78.9 Å². The van der Waals surface area contributed by atoms with Gasteiger partial charge in [0.15, 0.2) is 6.61 Å². The van der Waals surface area contributed by atoms with E-state index in [1.165, 1.54) is 10.4 Å². The van der Waals surface area contributed by atoms with E-state index in [9.17, 15) is 13.2 Å². The first kappa shape index (κ1) is 21.3. The molecule has 1 N–H and O–H groups in total. The van der Waals surface area contributed by atoms with E-state index in [1.807, 2.05) is 39.1 Å². The molecule has 1 aliphatic rings. The Labute approximate surface area is 172 Å². The number of ether oxygens (including phenoxy) is 1. The maximum absolute atomic E-state index is 12.9. The SMILES string of the molecule is Cc1ccc(OCC(=O)Nc2cccc(S(=O)(=O)N3CCN(C)CC3)c2)c(C)c1. The lowest BCUT2D eigenvalue weighted by Gasteiger charge is -2.31. The number of anilines is 1. The number of nitrogens with one attached hydrogen (secondary N) is 1. The number of carbonyl (C=O) groups excluding carboxylic acids is 1. The predicted octanol–water partition coefficient (Wildman–Crippen LogP) is 2.26. The summed E-state index contributed by atoms with van der Waals surface area (Å²) in [4.78, 5) is 14.5. The van der Waals surface area contributed by atoms with Gasteiger partial charge in [0.25, 0.3) is 5.91 Å². The van der Waals surface area contributed by atoms with E-state index in [2.05, 4.69) is 10.2 Å². The van der Waals surface area contributed by atoms with Gasteiger partial charge in [0, 0.05) is 31.9 Å². The van der Waals surface area contributed by atoms with Crippen LogP contribution in [0.1, 0.15) is 11.1 Å². The van der Waals surface area contributed by atoms with Crippen molar-refractivity contribution >= 4 is 21.6 Å². The highest BCUT2D eigenvalue weighted by Gasteiger charge is 2.27. The molecule has 0 radical (unpaired) electrons. The molecule has 3 rings (SSSR count). The van der Waals surface area contributed by atoms with Crippen LogP contribution in [0.15, 0.2) is 47.4 Å². The van der Waals surface area contributed by atoms with Gasteiger partial charge >= 0.3 is 0 Å². The van der Waals surface area contributed by atoms with Crippen molar-refractivity contribution in [2.75, 3.05) is 45.2 Å². The summed E-state index contributed by atoms with van der Waals surface area (Å²) in [7, 11) is -1.61. The van der Waals surface area contributed by atoms with Crippen molar-refractivity contribution in [3.63, 3.8) is 0 Å². The van der Waals surface area contributed by atoms with E-state index in [-0.39, 0.29) is 17.4 Å². The van der Waals surface area contributed by atoms with Crippen molar-refractivity contribution in [3.05, 3.63) is 53.6 Å². The normalized spacial score (nSPS) is 15.8. The van der Waals surface area contributed by atoms with Crippen LogP contribution in [-0.2, 0) is 14.8 Å². The van der Waals surface area contributed by atoms with Gasteiger partial charge in [-0.25, -0.2) is 8.42 Å². The van der Waals surface area contributed by atoms with Crippen molar-refractivity contribution < 1.29 is 17.9 Å². The fraction of sp³-hybridized carbons (Fsp3) is 0.381. The highest BCUT2D eigenvalue weighted by molar-refractivity contribution is 7.89. The van der Waals surface area contributed by atoms with Crippen molar-refractivity contribution in [1.82, 2.24) is 9.21 Å². The maximum atomic E-state index is 12.9. The molecule has 2 aromatic rings. The monoisotopic (exact) mass is 417 g/mol. The highest BCUT2D eigenvalue weighted by Crippen LogP contribution is 2.21. The first-order valence-corrected chi connectivity index (χ1v) is 11.0. The smallest absolute Gasteiger partial charge is 0.262 e. The number of carbonyl (C=O) groups is 1. The van der Waals surface area contributed by atoms with E-state index < -0.39 is 10.0 Å². The molecular formula is C21H27N3O4S. The lowest BCUT2D eigenvalue weighted by atomic mass is 10.1. The van der Waals surface area contributed by atoms with Crippen molar-refractivity contribution in [2.24, 2.45) is 0 Å². The zero-order valence-corrected chi connectivity index (χ0v) is 17.8. The first-order valence-electron chi connectivity index (χ1n) is 9.54. The van der Waals surface area contributed by atoms with Crippen LogP contribution in [0.3, 0.4) is 0 Å². The molecule has 0 aromatic heterocycles. The number of piperazine rings is 1. The molecule has 156 valence electrons. The number of hydrogen-bond donors (Lipinski definition) is 1. The highest BCUT2D eigenvalue weighted by atomic mass is 32.2. The number of amides is 1. The average Bonchev–Trinajstić information content (AvgIpc) is 2.68. The number of likely N-dealkylation sites (N-methyl/N-ethyl adjacent to an activating group) is 1. The third-order valence-electron chi connectivity index (χ3n) is 4.91. The second-order valence-corrected chi connectivity index (χ2v) is 9.28. The molecular weight excluding hydrogens is 390 g/mol. The molecule has 0 saturated carbocycles. The van der Waals surface area contributed by atoms with Crippen LogP contribution < -0.4 is 10.1 Å². The Bertz CT molecular complexity index is 983. The van der Waals surface area contributed by atoms with Crippen LogP contribution in [0.5, 0.6) is 5.75 Å². The zero-order chi connectivity index (χ0) is 21.0. The minimum Gasteiger partial charge on any atom is -0.483 e. The number of hydrogen-bond acceptors (Lipinski definition) is 5. The third kappa shape index (κ3) is 5.35. The van der Waals surface area contributed by atoms with Gasteiger partial charge in [0.2, 0.25) is 10.0 Å². The van der Waals surface area contributed by atoms with Gasteiger partial charge in [-0.15, -0.1) is 0 Å². The van der Waals surface area contributed by atoms with Gasteiger partial charge in [0.1, 0.15) is 5.75 Å². The number of aryl methyl sites for hydroxylation is 2. The fourth-order valence-corrected chi connectivity index (χ4v) is 4.68. The van der Waals surface area contributed by atoms with E-state index in [4.69, 9.17) is 4.74 Å². The molecule has 1 aliphatic heterocycles. The molecule has 0 spiro atoms. The third-order valence-corrected chi connectivity index (χ3v) is 6.80. The van der Waals surface area contributed by atoms with E-state index in [0.29, 0.717) is 37.6 Å². The molecule has 0 unspecified atom stereocenters. The van der Waals surface area contributed by atoms with Gasteiger partial charge in [0.05, 0.1) is 4.90 Å². The van der Waals surface area contributed by atoms with Crippen LogP contribution in [0, 0.1) is 13.8 Å². The van der Waals surface area contributed by atoms with Crippen LogP contribution in [0.25, 0.3) is 0 Å². The molecule has 0 bridgehead atoms. The zero-order valence-electron chi connectivity index (χ0n) is 17.0. The number of rotatable bonds is 6. The molecule has 1 amide bonds. The van der Waals surface area contributed by atoms with Gasteiger partial charge in [-0.1, -0.05) is 23.8 Å². The molecule has 0 atom stereocenters. The molecule has 8 heteroatoms. The summed E-state index contributed by atoms with van der Waals surface area (Å²) in [6, 6.07) is 12.1. The van der Waals surface area contributed by atoms with E-state index >= 15 is 0 Å². The second kappa shape index (κ2) is 8.94. The van der Waals surface area contributed by atoms with Gasteiger partial charge < -0.3 is 15.0 Å². The largest absolute Gasteiger partial charge is 0.483 e. The van der Waals surface area contributed by atoms with Crippen molar-refractivity contribution in [2.45, 2.75) is 18.7 Å². The average molecular weight is 418 g/mol. The standard InChI is InChI=1S/C21H27N3O4S/c1-16-7-8-20(17(2)13-16)28-15-21(25)22-18-5-4-6-19(14-18)29(26,27)24-11-9-23(3)10-12-24/h4-8,13-14H,9-12,15H2,1-3H3,(H,22,25). The van der Waals surface area contributed by atoms with Gasteiger partial charge in [-0.05, 0) is 50.7 Å². The summed E-state index contributed by atoms with van der Waals surface area (Å²) in [5.74, 6) is 0.302. The molecule has 29 heavy (non-hydrogen) atoms. The summed E-state index contributed by atoms with van der Waals surface area (Å²) in [5.41, 5.74) is 2.50. The quantitative estimate of drug-likeness (QED) is 0.780. The van der Waals surface area contributed by atoms with E-state index in [1.54, 1.807) is 18.2 Å². The molecule has 7 nitrogen and oxygen atoms in total. The predicted molar refractivity (Wildman–Crippen MR) is 113 cm³/mol. The number of nitrogens with zero attached hydrogens (tertiary/aromatic N) is 2. The van der Waals surface area contributed by atoms with Gasteiger partial charge in [-0.3, -0.25) is 4.79 Å². The lowest BCUT2D eigenvalue weighted by molar-refractivity contribution is -0.118. The molecule has 0 aliphatic carbocycles. The van der Waals surface area contributed by atoms with Crippen LogP contribution in [0.2, 0.25) is 0 Å². The summed E-state index contributed by atoms with van der Waals surface area (Å²) >= 11 is 0.